The average Bonchev–Trinajstić information content (AvgIpc) is 3.13. The number of benzene rings is 3. The van der Waals surface area contributed by atoms with Gasteiger partial charge in [0.15, 0.2) is 0 Å². The normalized spacial score (nSPS) is 26.1. The van der Waals surface area contributed by atoms with E-state index in [9.17, 15) is 19.2 Å². The first-order valence-corrected chi connectivity index (χ1v) is 11.2. The molecule has 0 aromatic heterocycles. The van der Waals surface area contributed by atoms with Crippen LogP contribution in [0.15, 0.2) is 72.8 Å². The van der Waals surface area contributed by atoms with E-state index in [1.807, 2.05) is 48.5 Å². The summed E-state index contributed by atoms with van der Waals surface area (Å²) in [6.07, 6.45) is 0. The lowest BCUT2D eigenvalue weighted by atomic mass is 9.46. The van der Waals surface area contributed by atoms with Gasteiger partial charge in [0.05, 0.1) is 35.6 Å². The van der Waals surface area contributed by atoms with Gasteiger partial charge in [0.1, 0.15) is 5.78 Å². The van der Waals surface area contributed by atoms with Gasteiger partial charge >= 0.3 is 5.97 Å². The average molecular weight is 451 g/mol. The van der Waals surface area contributed by atoms with Crippen molar-refractivity contribution in [3.8, 4) is 0 Å². The van der Waals surface area contributed by atoms with Gasteiger partial charge in [0.2, 0.25) is 11.8 Å². The van der Waals surface area contributed by atoms with E-state index in [-0.39, 0.29) is 23.0 Å². The number of methoxy groups -OCH3 is 1. The van der Waals surface area contributed by atoms with Gasteiger partial charge < -0.3 is 4.74 Å². The minimum atomic E-state index is -1.27. The molecule has 1 aliphatic heterocycles. The zero-order valence-electron chi connectivity index (χ0n) is 18.6. The molecule has 2 bridgehead atoms. The Hall–Kier alpha value is -4.06. The number of Topliss-reactive ketones (excluding diaryl/α,β-unsaturated/α-hetero) is 1. The first kappa shape index (κ1) is 20.5. The number of esters is 1. The number of ether oxygens (including phenoxy) is 1. The van der Waals surface area contributed by atoms with E-state index in [0.29, 0.717) is 0 Å². The summed E-state index contributed by atoms with van der Waals surface area (Å²) in [5.41, 5.74) is 2.43. The minimum Gasteiger partial charge on any atom is -0.465 e. The van der Waals surface area contributed by atoms with Gasteiger partial charge in [0.25, 0.3) is 0 Å². The van der Waals surface area contributed by atoms with Crippen molar-refractivity contribution < 1.29 is 23.9 Å². The van der Waals surface area contributed by atoms with Crippen LogP contribution in [0.5, 0.6) is 0 Å². The Labute approximate surface area is 196 Å². The Bertz CT molecular complexity index is 1380. The quantitative estimate of drug-likeness (QED) is 0.449. The molecule has 3 aliphatic carbocycles. The first-order valence-electron chi connectivity index (χ1n) is 11.2. The van der Waals surface area contributed by atoms with Crippen LogP contribution in [0.4, 0.5) is 5.69 Å². The number of carbonyl (C=O) groups is 4. The van der Waals surface area contributed by atoms with Crippen LogP contribution in [0.25, 0.3) is 0 Å². The maximum absolute atomic E-state index is 14.1. The van der Waals surface area contributed by atoms with Crippen LogP contribution in [0.1, 0.15) is 45.5 Å². The van der Waals surface area contributed by atoms with E-state index in [1.165, 1.54) is 20.1 Å². The number of imide groups is 1. The van der Waals surface area contributed by atoms with Crippen LogP contribution < -0.4 is 4.90 Å². The largest absolute Gasteiger partial charge is 0.465 e. The van der Waals surface area contributed by atoms with E-state index < -0.39 is 35.0 Å². The van der Waals surface area contributed by atoms with Crippen LogP contribution >= 0.6 is 0 Å². The molecular formula is C28H21NO5. The van der Waals surface area contributed by atoms with Gasteiger partial charge in [0, 0.05) is 5.92 Å². The summed E-state index contributed by atoms with van der Waals surface area (Å²) in [6.45, 7) is 1.50. The highest BCUT2D eigenvalue weighted by Gasteiger charge is 2.70. The Balaban J connectivity index is 1.65. The highest BCUT2D eigenvalue weighted by molar-refractivity contribution is 6.27. The molecule has 1 heterocycles. The first-order chi connectivity index (χ1) is 16.4. The molecule has 0 N–H and O–H groups in total. The topological polar surface area (TPSA) is 80.8 Å². The van der Waals surface area contributed by atoms with Crippen molar-refractivity contribution in [1.82, 2.24) is 0 Å². The third-order valence-electron chi connectivity index (χ3n) is 7.72. The minimum absolute atomic E-state index is 0.129. The van der Waals surface area contributed by atoms with Crippen LogP contribution in [-0.4, -0.2) is 30.7 Å². The van der Waals surface area contributed by atoms with Crippen molar-refractivity contribution in [2.45, 2.75) is 18.3 Å². The molecule has 2 amide bonds. The molecule has 0 saturated carbocycles. The standard InChI is InChI=1S/C28H21NO5/c1-15(30)28-19-12-6-3-9-16(19)22(17-10-4-7-13-20(17)28)23-24(28)26(32)29(25(23)31)21-14-8-5-11-18(21)27(33)34-2/h3-14,22-24H,1-2H3/t22?,23-,24+,28?/m0/s1. The number of ketones is 1. The predicted molar refractivity (Wildman–Crippen MR) is 123 cm³/mol. The zero-order chi connectivity index (χ0) is 23.8. The molecular weight excluding hydrogens is 430 g/mol. The lowest BCUT2D eigenvalue weighted by molar-refractivity contribution is -0.132. The van der Waals surface area contributed by atoms with Gasteiger partial charge in [-0.1, -0.05) is 60.7 Å². The highest BCUT2D eigenvalue weighted by Crippen LogP contribution is 2.64. The van der Waals surface area contributed by atoms with Crippen molar-refractivity contribution >= 4 is 29.3 Å². The van der Waals surface area contributed by atoms with E-state index in [0.717, 1.165) is 27.2 Å². The molecule has 1 fully saturated rings. The summed E-state index contributed by atoms with van der Waals surface area (Å²) < 4.78 is 4.90. The molecule has 3 aromatic carbocycles. The number of carbonyl (C=O) groups excluding carboxylic acids is 4. The van der Waals surface area contributed by atoms with E-state index >= 15 is 0 Å². The van der Waals surface area contributed by atoms with Gasteiger partial charge in [-0.3, -0.25) is 14.4 Å². The van der Waals surface area contributed by atoms with Gasteiger partial charge in [-0.2, -0.15) is 0 Å². The molecule has 34 heavy (non-hydrogen) atoms. The van der Waals surface area contributed by atoms with Crippen molar-refractivity contribution in [2.75, 3.05) is 12.0 Å². The maximum Gasteiger partial charge on any atom is 0.339 e. The number of anilines is 1. The third kappa shape index (κ3) is 2.25. The summed E-state index contributed by atoms with van der Waals surface area (Å²) in [7, 11) is 1.25. The molecule has 6 heteroatoms. The third-order valence-corrected chi connectivity index (χ3v) is 7.72. The zero-order valence-corrected chi connectivity index (χ0v) is 18.6. The summed E-state index contributed by atoms with van der Waals surface area (Å²) in [5, 5.41) is 0. The fourth-order valence-electron chi connectivity index (χ4n) is 6.56. The molecule has 0 spiro atoms. The summed E-state index contributed by atoms with van der Waals surface area (Å²) in [6, 6.07) is 21.7. The lowest BCUT2D eigenvalue weighted by Crippen LogP contribution is -2.57. The molecule has 168 valence electrons. The fourth-order valence-corrected chi connectivity index (χ4v) is 6.56. The van der Waals surface area contributed by atoms with Crippen molar-refractivity contribution in [3.63, 3.8) is 0 Å². The smallest absolute Gasteiger partial charge is 0.339 e. The van der Waals surface area contributed by atoms with Crippen LogP contribution in [0.2, 0.25) is 0 Å². The molecule has 3 aromatic rings. The molecule has 4 aliphatic rings. The number of para-hydroxylation sites is 1. The van der Waals surface area contributed by atoms with Gasteiger partial charge in [-0.05, 0) is 41.3 Å². The van der Waals surface area contributed by atoms with E-state index in [1.54, 1.807) is 18.2 Å². The molecule has 1 saturated heterocycles. The second-order valence-electron chi connectivity index (χ2n) is 9.04. The number of hydrogen-bond donors (Lipinski definition) is 0. The molecule has 0 radical (unpaired) electrons. The SMILES string of the molecule is COC(=O)c1ccccc1N1C(=O)[C@H]2C3c4ccccc4C(C(C)=O)(c4ccccc43)[C@H]2C1=O. The van der Waals surface area contributed by atoms with Crippen LogP contribution in [0.3, 0.4) is 0 Å². The number of rotatable bonds is 3. The van der Waals surface area contributed by atoms with Gasteiger partial charge in [-0.25, -0.2) is 9.69 Å². The molecule has 2 atom stereocenters. The Morgan fingerprint density at radius 2 is 1.38 bits per heavy atom. The molecule has 0 unspecified atom stereocenters. The number of hydrogen-bond acceptors (Lipinski definition) is 5. The monoisotopic (exact) mass is 451 g/mol. The van der Waals surface area contributed by atoms with Crippen LogP contribution in [0, 0.1) is 11.8 Å². The summed E-state index contributed by atoms with van der Waals surface area (Å²) in [5.74, 6) is -3.66. The maximum atomic E-state index is 14.1. The van der Waals surface area contributed by atoms with E-state index in [4.69, 9.17) is 4.74 Å². The molecule has 6 nitrogen and oxygen atoms in total. The Kier molecular flexibility index (Phi) is 4.21. The van der Waals surface area contributed by atoms with Crippen molar-refractivity contribution in [1.29, 1.82) is 0 Å². The number of nitrogens with zero attached hydrogens (tertiary/aromatic N) is 1. The molecule has 7 rings (SSSR count). The van der Waals surface area contributed by atoms with E-state index in [2.05, 4.69) is 0 Å². The van der Waals surface area contributed by atoms with Crippen molar-refractivity contribution in [2.24, 2.45) is 11.8 Å². The second-order valence-corrected chi connectivity index (χ2v) is 9.04. The van der Waals surface area contributed by atoms with Crippen LogP contribution in [-0.2, 0) is 24.5 Å². The lowest BCUT2D eigenvalue weighted by Gasteiger charge is -2.52. The second kappa shape index (κ2) is 6.97. The Morgan fingerprint density at radius 1 is 0.824 bits per heavy atom. The summed E-state index contributed by atoms with van der Waals surface area (Å²) >= 11 is 0. The number of amides is 2. The Morgan fingerprint density at radius 3 is 1.97 bits per heavy atom. The van der Waals surface area contributed by atoms with Gasteiger partial charge in [-0.15, -0.1) is 0 Å². The van der Waals surface area contributed by atoms with Crippen molar-refractivity contribution in [3.05, 3.63) is 101 Å². The predicted octanol–water partition coefficient (Wildman–Crippen LogP) is 3.61. The summed E-state index contributed by atoms with van der Waals surface area (Å²) in [4.78, 5) is 55.3. The highest BCUT2D eigenvalue weighted by atomic mass is 16.5. The fraction of sp³-hybridized carbons (Fsp3) is 0.214.